The summed E-state index contributed by atoms with van der Waals surface area (Å²) in [5.74, 6) is 0.419. The average Bonchev–Trinajstić information content (AvgIpc) is 3.41. The van der Waals surface area contributed by atoms with E-state index in [1.807, 2.05) is 4.90 Å². The summed E-state index contributed by atoms with van der Waals surface area (Å²) >= 11 is 1.22. The molecule has 2 fully saturated rings. The third-order valence-corrected chi connectivity index (χ3v) is 6.67. The number of amides is 2. The molecule has 0 radical (unpaired) electrons. The van der Waals surface area contributed by atoms with Crippen molar-refractivity contribution < 1.29 is 18.4 Å². The van der Waals surface area contributed by atoms with Crippen LogP contribution in [0.1, 0.15) is 56.4 Å². The minimum Gasteiger partial charge on any atom is -0.414 e. The van der Waals surface area contributed by atoms with E-state index in [1.54, 1.807) is 17.0 Å². The van der Waals surface area contributed by atoms with Crippen LogP contribution < -0.4 is 0 Å². The van der Waals surface area contributed by atoms with Gasteiger partial charge in [0.2, 0.25) is 17.7 Å². The number of aromatic nitrogens is 2. The van der Waals surface area contributed by atoms with Gasteiger partial charge in [0.15, 0.2) is 0 Å². The first kappa shape index (κ1) is 21.8. The van der Waals surface area contributed by atoms with Crippen LogP contribution in [0.4, 0.5) is 4.39 Å². The topological polar surface area (TPSA) is 79.5 Å². The van der Waals surface area contributed by atoms with Crippen LogP contribution in [0.15, 0.2) is 33.9 Å². The second-order valence-corrected chi connectivity index (χ2v) is 9.04. The molecule has 1 aromatic heterocycles. The zero-order valence-electron chi connectivity index (χ0n) is 17.5. The van der Waals surface area contributed by atoms with Crippen LogP contribution in [0.3, 0.4) is 0 Å². The Bertz CT molecular complexity index is 898. The predicted molar refractivity (Wildman–Crippen MR) is 113 cm³/mol. The van der Waals surface area contributed by atoms with Crippen molar-refractivity contribution in [2.75, 3.05) is 12.3 Å². The molecule has 1 saturated heterocycles. The normalized spacial score (nSPS) is 17.3. The van der Waals surface area contributed by atoms with E-state index >= 15 is 0 Å². The minimum absolute atomic E-state index is 0.00990. The van der Waals surface area contributed by atoms with Gasteiger partial charge in [0.05, 0.1) is 12.3 Å². The van der Waals surface area contributed by atoms with E-state index in [-0.39, 0.29) is 29.4 Å². The van der Waals surface area contributed by atoms with Crippen LogP contribution in [0.2, 0.25) is 0 Å². The Balaban J connectivity index is 1.36. The number of rotatable bonds is 8. The van der Waals surface area contributed by atoms with E-state index in [1.165, 1.54) is 30.3 Å². The Hall–Kier alpha value is -2.42. The molecule has 1 aromatic carbocycles. The first-order valence-electron chi connectivity index (χ1n) is 10.9. The molecule has 0 spiro atoms. The molecule has 2 amide bonds. The Labute approximate surface area is 185 Å². The van der Waals surface area contributed by atoms with Gasteiger partial charge in [-0.2, -0.15) is 0 Å². The lowest BCUT2D eigenvalue weighted by Gasteiger charge is -2.34. The zero-order chi connectivity index (χ0) is 21.6. The van der Waals surface area contributed by atoms with Crippen molar-refractivity contribution in [2.45, 2.75) is 69.3 Å². The number of carbonyl (C=O) groups is 2. The fourth-order valence-corrected chi connectivity index (χ4v) is 4.87. The predicted octanol–water partition coefficient (Wildman–Crippen LogP) is 3.78. The SMILES string of the molecule is O=C1CCCN1Cc1nnc(SCC(=O)N(Cc2ccc(F)cc2)C2CCCCC2)o1. The highest BCUT2D eigenvalue weighted by Gasteiger charge is 2.27. The van der Waals surface area contributed by atoms with Crippen molar-refractivity contribution in [1.29, 1.82) is 0 Å². The van der Waals surface area contributed by atoms with Crippen molar-refractivity contribution >= 4 is 23.6 Å². The summed E-state index contributed by atoms with van der Waals surface area (Å²) in [6.07, 6.45) is 6.84. The van der Waals surface area contributed by atoms with Crippen molar-refractivity contribution in [3.8, 4) is 0 Å². The van der Waals surface area contributed by atoms with E-state index in [2.05, 4.69) is 10.2 Å². The summed E-state index contributed by atoms with van der Waals surface area (Å²) < 4.78 is 18.9. The molecule has 1 saturated carbocycles. The smallest absolute Gasteiger partial charge is 0.277 e. The molecule has 2 heterocycles. The lowest BCUT2D eigenvalue weighted by molar-refractivity contribution is -0.132. The molecular formula is C22H27FN4O3S. The van der Waals surface area contributed by atoms with Gasteiger partial charge in [-0.1, -0.05) is 43.2 Å². The van der Waals surface area contributed by atoms with Gasteiger partial charge in [-0.05, 0) is 37.0 Å². The van der Waals surface area contributed by atoms with Crippen molar-refractivity contribution in [3.05, 3.63) is 41.5 Å². The second kappa shape index (κ2) is 10.3. The largest absolute Gasteiger partial charge is 0.414 e. The van der Waals surface area contributed by atoms with Gasteiger partial charge in [-0.25, -0.2) is 4.39 Å². The molecular weight excluding hydrogens is 419 g/mol. The Kier molecular flexibility index (Phi) is 7.21. The highest BCUT2D eigenvalue weighted by molar-refractivity contribution is 7.99. The lowest BCUT2D eigenvalue weighted by Crippen LogP contribution is -2.41. The highest BCUT2D eigenvalue weighted by Crippen LogP contribution is 2.26. The van der Waals surface area contributed by atoms with Gasteiger partial charge in [0, 0.05) is 25.6 Å². The monoisotopic (exact) mass is 446 g/mol. The number of benzene rings is 1. The van der Waals surface area contributed by atoms with E-state index in [4.69, 9.17) is 4.42 Å². The van der Waals surface area contributed by atoms with Gasteiger partial charge < -0.3 is 14.2 Å². The molecule has 0 unspecified atom stereocenters. The van der Waals surface area contributed by atoms with Gasteiger partial charge >= 0.3 is 0 Å². The quantitative estimate of drug-likeness (QED) is 0.574. The molecule has 4 rings (SSSR count). The van der Waals surface area contributed by atoms with Crippen LogP contribution in [-0.4, -0.2) is 50.2 Å². The first-order chi connectivity index (χ1) is 15.1. The molecule has 0 bridgehead atoms. The number of carbonyl (C=O) groups excluding carboxylic acids is 2. The van der Waals surface area contributed by atoms with Crippen LogP contribution in [0.25, 0.3) is 0 Å². The number of likely N-dealkylation sites (tertiary alicyclic amines) is 1. The molecule has 0 atom stereocenters. The molecule has 166 valence electrons. The molecule has 7 nitrogen and oxygen atoms in total. The van der Waals surface area contributed by atoms with Crippen molar-refractivity contribution in [1.82, 2.24) is 20.0 Å². The molecule has 2 aliphatic rings. The molecule has 2 aromatic rings. The highest BCUT2D eigenvalue weighted by atomic mass is 32.2. The summed E-state index contributed by atoms with van der Waals surface area (Å²) in [7, 11) is 0. The van der Waals surface area contributed by atoms with Crippen LogP contribution >= 0.6 is 11.8 Å². The number of nitrogens with zero attached hydrogens (tertiary/aromatic N) is 4. The maximum atomic E-state index is 13.3. The third kappa shape index (κ3) is 5.84. The van der Waals surface area contributed by atoms with Crippen molar-refractivity contribution in [3.63, 3.8) is 0 Å². The fraction of sp³-hybridized carbons (Fsp3) is 0.545. The minimum atomic E-state index is -0.280. The number of halogens is 1. The van der Waals surface area contributed by atoms with E-state index in [0.29, 0.717) is 37.2 Å². The lowest BCUT2D eigenvalue weighted by atomic mass is 9.94. The Morgan fingerprint density at radius 3 is 2.65 bits per heavy atom. The molecule has 1 aliphatic carbocycles. The van der Waals surface area contributed by atoms with Crippen LogP contribution in [-0.2, 0) is 22.7 Å². The van der Waals surface area contributed by atoms with Gasteiger partial charge in [-0.15, -0.1) is 10.2 Å². The van der Waals surface area contributed by atoms with E-state index in [9.17, 15) is 14.0 Å². The van der Waals surface area contributed by atoms with E-state index in [0.717, 1.165) is 37.7 Å². The van der Waals surface area contributed by atoms with Crippen LogP contribution in [0.5, 0.6) is 0 Å². The average molecular weight is 447 g/mol. The first-order valence-corrected chi connectivity index (χ1v) is 11.8. The van der Waals surface area contributed by atoms with Gasteiger partial charge in [-0.3, -0.25) is 9.59 Å². The van der Waals surface area contributed by atoms with Crippen LogP contribution in [0, 0.1) is 5.82 Å². The standard InChI is InChI=1S/C22H27FN4O3S/c23-17-10-8-16(9-11-17)13-27(18-5-2-1-3-6-18)21(29)15-31-22-25-24-19(30-22)14-26-12-4-7-20(26)28/h8-11,18H,1-7,12-15H2. The maximum absolute atomic E-state index is 13.3. The van der Waals surface area contributed by atoms with E-state index < -0.39 is 0 Å². The second-order valence-electron chi connectivity index (χ2n) is 8.11. The Morgan fingerprint density at radius 1 is 1.16 bits per heavy atom. The summed E-state index contributed by atoms with van der Waals surface area (Å²) in [5, 5.41) is 8.36. The summed E-state index contributed by atoms with van der Waals surface area (Å²) in [4.78, 5) is 28.5. The summed E-state index contributed by atoms with van der Waals surface area (Å²) in [5.41, 5.74) is 0.917. The van der Waals surface area contributed by atoms with Crippen molar-refractivity contribution in [2.24, 2.45) is 0 Å². The fourth-order valence-electron chi connectivity index (χ4n) is 4.20. The third-order valence-electron chi connectivity index (χ3n) is 5.87. The van der Waals surface area contributed by atoms with Gasteiger partial charge in [0.1, 0.15) is 5.82 Å². The molecule has 31 heavy (non-hydrogen) atoms. The Morgan fingerprint density at radius 2 is 1.94 bits per heavy atom. The summed E-state index contributed by atoms with van der Waals surface area (Å²) in [6.45, 7) is 1.50. The number of hydrogen-bond donors (Lipinski definition) is 0. The zero-order valence-corrected chi connectivity index (χ0v) is 18.3. The molecule has 9 heteroatoms. The molecule has 0 N–H and O–H groups in total. The van der Waals surface area contributed by atoms with Gasteiger partial charge in [0.25, 0.3) is 5.22 Å². The number of thioether (sulfide) groups is 1. The summed E-state index contributed by atoms with van der Waals surface area (Å²) in [6, 6.07) is 6.52. The number of hydrogen-bond acceptors (Lipinski definition) is 6. The molecule has 1 aliphatic heterocycles. The maximum Gasteiger partial charge on any atom is 0.277 e.